The van der Waals surface area contributed by atoms with Gasteiger partial charge in [0.25, 0.3) is 5.91 Å². The number of carbonyl (C=O) groups is 1. The van der Waals surface area contributed by atoms with Crippen LogP contribution < -0.4 is 5.32 Å². The van der Waals surface area contributed by atoms with E-state index >= 15 is 0 Å². The van der Waals surface area contributed by atoms with E-state index < -0.39 is 0 Å². The van der Waals surface area contributed by atoms with E-state index in [9.17, 15) is 4.79 Å². The minimum atomic E-state index is -0.151. The Kier molecular flexibility index (Phi) is 5.61. The summed E-state index contributed by atoms with van der Waals surface area (Å²) in [4.78, 5) is 22.2. The molecule has 0 atom stereocenters. The molecule has 2 aromatic carbocycles. The Bertz CT molecular complexity index is 1120. The van der Waals surface area contributed by atoms with Crippen LogP contribution in [0.4, 0.5) is 5.69 Å². The number of nitrogens with zero attached hydrogens (tertiary/aromatic N) is 2. The summed E-state index contributed by atoms with van der Waals surface area (Å²) < 4.78 is 0. The second-order valence-electron chi connectivity index (χ2n) is 7.04. The van der Waals surface area contributed by atoms with Crippen LogP contribution in [0.15, 0.2) is 79.0 Å². The third-order valence-electron chi connectivity index (χ3n) is 4.92. The molecule has 0 saturated carbocycles. The van der Waals surface area contributed by atoms with Gasteiger partial charge in [0.1, 0.15) is 0 Å². The third kappa shape index (κ3) is 4.32. The standard InChI is InChI=1S/C25H23N3O/c1-2-3-8-18-12-14-19(15-13-18)27-25(29)21-17-24(23-11-6-7-16-26-23)28-22-10-5-4-9-20(21)22/h4-7,9-17H,2-3,8H2,1H3,(H,27,29). The number of hydrogen-bond donors (Lipinski definition) is 1. The van der Waals surface area contributed by atoms with Crippen LogP contribution in [0.3, 0.4) is 0 Å². The van der Waals surface area contributed by atoms with Crippen LogP contribution in [0.25, 0.3) is 22.3 Å². The van der Waals surface area contributed by atoms with Crippen molar-refractivity contribution in [2.24, 2.45) is 0 Å². The predicted molar refractivity (Wildman–Crippen MR) is 118 cm³/mol. The molecule has 0 aliphatic carbocycles. The molecule has 1 N–H and O–H groups in total. The molecular weight excluding hydrogens is 358 g/mol. The third-order valence-corrected chi connectivity index (χ3v) is 4.92. The summed E-state index contributed by atoms with van der Waals surface area (Å²) in [5.41, 5.74) is 4.87. The largest absolute Gasteiger partial charge is 0.322 e. The number of aryl methyl sites for hydroxylation is 1. The molecule has 4 heteroatoms. The molecule has 0 aliphatic rings. The lowest BCUT2D eigenvalue weighted by Gasteiger charge is -2.11. The lowest BCUT2D eigenvalue weighted by molar-refractivity contribution is 0.102. The van der Waals surface area contributed by atoms with Crippen molar-refractivity contribution in [3.8, 4) is 11.4 Å². The Morgan fingerprint density at radius 1 is 0.931 bits per heavy atom. The molecule has 4 rings (SSSR count). The summed E-state index contributed by atoms with van der Waals surface area (Å²) in [6.45, 7) is 2.19. The molecular formula is C25H23N3O. The van der Waals surface area contributed by atoms with Crippen LogP contribution in [0, 0.1) is 0 Å². The van der Waals surface area contributed by atoms with Gasteiger partial charge < -0.3 is 5.32 Å². The van der Waals surface area contributed by atoms with Gasteiger partial charge in [0.15, 0.2) is 0 Å². The normalized spacial score (nSPS) is 10.8. The van der Waals surface area contributed by atoms with E-state index in [2.05, 4.69) is 29.4 Å². The first-order chi connectivity index (χ1) is 14.2. The number of para-hydroxylation sites is 1. The van der Waals surface area contributed by atoms with Crippen LogP contribution in [-0.4, -0.2) is 15.9 Å². The van der Waals surface area contributed by atoms with Crippen molar-refractivity contribution in [3.63, 3.8) is 0 Å². The van der Waals surface area contributed by atoms with Crippen LogP contribution in [0.2, 0.25) is 0 Å². The van der Waals surface area contributed by atoms with E-state index in [1.807, 2.05) is 60.7 Å². The zero-order valence-electron chi connectivity index (χ0n) is 16.4. The summed E-state index contributed by atoms with van der Waals surface area (Å²) in [5, 5.41) is 3.85. The maximum Gasteiger partial charge on any atom is 0.256 e. The van der Waals surface area contributed by atoms with Gasteiger partial charge in [-0.05, 0) is 54.8 Å². The number of benzene rings is 2. The molecule has 2 heterocycles. The minimum absolute atomic E-state index is 0.151. The monoisotopic (exact) mass is 381 g/mol. The van der Waals surface area contributed by atoms with Gasteiger partial charge in [-0.25, -0.2) is 4.98 Å². The molecule has 0 saturated heterocycles. The topological polar surface area (TPSA) is 54.9 Å². The number of rotatable bonds is 6. The fourth-order valence-corrected chi connectivity index (χ4v) is 3.34. The molecule has 144 valence electrons. The molecule has 0 unspecified atom stereocenters. The Balaban J connectivity index is 1.66. The first kappa shape index (κ1) is 18.8. The SMILES string of the molecule is CCCCc1ccc(NC(=O)c2cc(-c3ccccn3)nc3ccccc23)cc1. The number of fused-ring (bicyclic) bond motifs is 1. The summed E-state index contributed by atoms with van der Waals surface area (Å²) in [5.74, 6) is -0.151. The van der Waals surface area contributed by atoms with Crippen LogP contribution in [0.5, 0.6) is 0 Å². The number of amides is 1. The summed E-state index contributed by atoms with van der Waals surface area (Å²) in [7, 11) is 0. The maximum atomic E-state index is 13.1. The predicted octanol–water partition coefficient (Wildman–Crippen LogP) is 5.89. The van der Waals surface area contributed by atoms with E-state index in [-0.39, 0.29) is 5.91 Å². The zero-order valence-corrected chi connectivity index (χ0v) is 16.4. The van der Waals surface area contributed by atoms with E-state index in [4.69, 9.17) is 4.98 Å². The van der Waals surface area contributed by atoms with Crippen molar-refractivity contribution in [1.29, 1.82) is 0 Å². The van der Waals surface area contributed by atoms with E-state index in [1.54, 1.807) is 6.20 Å². The molecule has 29 heavy (non-hydrogen) atoms. The Morgan fingerprint density at radius 3 is 2.48 bits per heavy atom. The molecule has 0 radical (unpaired) electrons. The van der Waals surface area contributed by atoms with Gasteiger partial charge in [0, 0.05) is 17.3 Å². The molecule has 0 fully saturated rings. The Labute approximate surface area is 170 Å². The van der Waals surface area contributed by atoms with E-state index in [0.29, 0.717) is 11.3 Å². The van der Waals surface area contributed by atoms with Crippen molar-refractivity contribution < 1.29 is 4.79 Å². The lowest BCUT2D eigenvalue weighted by atomic mass is 10.0. The average Bonchev–Trinajstić information content (AvgIpc) is 2.78. The van der Waals surface area contributed by atoms with Crippen molar-refractivity contribution in [3.05, 3.63) is 90.1 Å². The average molecular weight is 381 g/mol. The molecule has 1 amide bonds. The summed E-state index contributed by atoms with van der Waals surface area (Å²) in [6, 6.07) is 23.3. The minimum Gasteiger partial charge on any atom is -0.322 e. The van der Waals surface area contributed by atoms with Gasteiger partial charge in [-0.3, -0.25) is 9.78 Å². The van der Waals surface area contributed by atoms with Gasteiger partial charge in [-0.1, -0.05) is 49.7 Å². The Hall–Kier alpha value is -3.53. The fourth-order valence-electron chi connectivity index (χ4n) is 3.34. The molecule has 0 spiro atoms. The first-order valence-electron chi connectivity index (χ1n) is 9.96. The molecule has 0 bridgehead atoms. The highest BCUT2D eigenvalue weighted by Crippen LogP contribution is 2.24. The maximum absolute atomic E-state index is 13.1. The molecule has 4 nitrogen and oxygen atoms in total. The molecule has 2 aromatic heterocycles. The Morgan fingerprint density at radius 2 is 1.72 bits per heavy atom. The number of carbonyl (C=O) groups excluding carboxylic acids is 1. The number of aromatic nitrogens is 2. The highest BCUT2D eigenvalue weighted by atomic mass is 16.1. The quantitative estimate of drug-likeness (QED) is 0.453. The van der Waals surface area contributed by atoms with Crippen molar-refractivity contribution in [1.82, 2.24) is 9.97 Å². The smallest absolute Gasteiger partial charge is 0.256 e. The van der Waals surface area contributed by atoms with Crippen LogP contribution in [0.1, 0.15) is 35.7 Å². The summed E-state index contributed by atoms with van der Waals surface area (Å²) >= 11 is 0. The lowest BCUT2D eigenvalue weighted by Crippen LogP contribution is -2.13. The fraction of sp³-hybridized carbons (Fsp3) is 0.160. The molecule has 0 aliphatic heterocycles. The number of nitrogens with one attached hydrogen (secondary N) is 1. The van der Waals surface area contributed by atoms with Crippen molar-refractivity contribution in [2.45, 2.75) is 26.2 Å². The number of anilines is 1. The van der Waals surface area contributed by atoms with Gasteiger partial charge in [-0.15, -0.1) is 0 Å². The van der Waals surface area contributed by atoms with Gasteiger partial charge >= 0.3 is 0 Å². The van der Waals surface area contributed by atoms with Crippen LogP contribution >= 0.6 is 0 Å². The highest BCUT2D eigenvalue weighted by Gasteiger charge is 2.14. The highest BCUT2D eigenvalue weighted by molar-refractivity contribution is 6.13. The van der Waals surface area contributed by atoms with Crippen molar-refractivity contribution in [2.75, 3.05) is 5.32 Å². The second-order valence-corrected chi connectivity index (χ2v) is 7.04. The first-order valence-corrected chi connectivity index (χ1v) is 9.96. The van der Waals surface area contributed by atoms with Gasteiger partial charge in [-0.2, -0.15) is 0 Å². The number of pyridine rings is 2. The van der Waals surface area contributed by atoms with E-state index in [1.165, 1.54) is 18.4 Å². The number of unbranched alkanes of at least 4 members (excludes halogenated alkanes) is 1. The van der Waals surface area contributed by atoms with E-state index in [0.717, 1.165) is 28.7 Å². The van der Waals surface area contributed by atoms with Crippen LogP contribution in [-0.2, 0) is 6.42 Å². The second kappa shape index (κ2) is 8.65. The van der Waals surface area contributed by atoms with Crippen molar-refractivity contribution >= 4 is 22.5 Å². The zero-order chi connectivity index (χ0) is 20.1. The molecule has 4 aromatic rings. The van der Waals surface area contributed by atoms with Gasteiger partial charge in [0.2, 0.25) is 0 Å². The summed E-state index contributed by atoms with van der Waals surface area (Å²) in [6.07, 6.45) is 5.14. The number of hydrogen-bond acceptors (Lipinski definition) is 3. The van der Waals surface area contributed by atoms with Gasteiger partial charge in [0.05, 0.1) is 22.5 Å².